The maximum atomic E-state index is 12.0. The molecule has 0 saturated heterocycles. The van der Waals surface area contributed by atoms with Crippen LogP contribution >= 0.6 is 11.6 Å². The maximum absolute atomic E-state index is 12.0. The molecule has 0 aliphatic rings. The lowest BCUT2D eigenvalue weighted by atomic mass is 10.1. The molecule has 0 unspecified atom stereocenters. The van der Waals surface area contributed by atoms with Gasteiger partial charge in [0.2, 0.25) is 0 Å². The van der Waals surface area contributed by atoms with Crippen LogP contribution in [-0.2, 0) is 0 Å². The van der Waals surface area contributed by atoms with Crippen molar-refractivity contribution < 1.29 is 8.78 Å². The fourth-order valence-electron chi connectivity index (χ4n) is 0.809. The first-order valence-corrected chi connectivity index (χ1v) is 3.77. The van der Waals surface area contributed by atoms with Crippen LogP contribution in [0.4, 0.5) is 8.78 Å². The molecule has 0 fully saturated rings. The van der Waals surface area contributed by atoms with Gasteiger partial charge in [0.25, 0.3) is 6.08 Å². The van der Waals surface area contributed by atoms with Crippen LogP contribution in [0.2, 0.25) is 0 Å². The molecule has 12 heavy (non-hydrogen) atoms. The number of aryl methyl sites for hydroxylation is 1. The lowest BCUT2D eigenvalue weighted by Crippen LogP contribution is -1.78. The van der Waals surface area contributed by atoms with Gasteiger partial charge in [0, 0.05) is 0 Å². The zero-order valence-corrected chi connectivity index (χ0v) is 7.20. The topological polar surface area (TPSA) is 0 Å². The van der Waals surface area contributed by atoms with Crippen LogP contribution in [0.1, 0.15) is 11.1 Å². The van der Waals surface area contributed by atoms with E-state index < -0.39 is 11.1 Å². The Hall–Kier alpha value is -0.890. The summed E-state index contributed by atoms with van der Waals surface area (Å²) >= 11 is 5.32. The van der Waals surface area contributed by atoms with Crippen molar-refractivity contribution >= 4 is 16.6 Å². The molecule has 64 valence electrons. The van der Waals surface area contributed by atoms with Crippen LogP contribution < -0.4 is 0 Å². The van der Waals surface area contributed by atoms with Crippen LogP contribution in [-0.4, -0.2) is 0 Å². The largest absolute Gasteiger partial charge is 0.289 e. The smallest absolute Gasteiger partial charge is 0.172 e. The SMILES string of the molecule is Cc1ccc(C(Cl)=C(F)F)cc1. The number of hydrogen-bond donors (Lipinski definition) is 0. The minimum absolute atomic E-state index is 0.349. The second-order valence-electron chi connectivity index (χ2n) is 2.44. The molecule has 0 aliphatic carbocycles. The lowest BCUT2D eigenvalue weighted by molar-refractivity contribution is 0.428. The molecule has 1 aromatic carbocycles. The van der Waals surface area contributed by atoms with Crippen LogP contribution in [0, 0.1) is 6.92 Å². The molecule has 0 atom stereocenters. The third-order valence-electron chi connectivity index (χ3n) is 1.47. The summed E-state index contributed by atoms with van der Waals surface area (Å²) in [5.41, 5.74) is 1.37. The van der Waals surface area contributed by atoms with Crippen LogP contribution in [0.5, 0.6) is 0 Å². The first-order chi connectivity index (χ1) is 5.61. The van der Waals surface area contributed by atoms with Gasteiger partial charge in [-0.1, -0.05) is 41.4 Å². The van der Waals surface area contributed by atoms with Crippen LogP contribution in [0.25, 0.3) is 5.03 Å². The van der Waals surface area contributed by atoms with E-state index in [1.807, 2.05) is 6.92 Å². The Morgan fingerprint density at radius 3 is 2.08 bits per heavy atom. The molecule has 0 bridgehead atoms. The van der Waals surface area contributed by atoms with Gasteiger partial charge < -0.3 is 0 Å². The molecule has 0 aliphatic heterocycles. The molecular weight excluding hydrogens is 182 g/mol. The quantitative estimate of drug-likeness (QED) is 0.629. The maximum Gasteiger partial charge on any atom is 0.289 e. The third kappa shape index (κ3) is 2.05. The monoisotopic (exact) mass is 188 g/mol. The van der Waals surface area contributed by atoms with E-state index in [9.17, 15) is 8.78 Å². The molecule has 0 aromatic heterocycles. The van der Waals surface area contributed by atoms with Gasteiger partial charge in [-0.3, -0.25) is 0 Å². The number of hydrogen-bond acceptors (Lipinski definition) is 0. The molecular formula is C9H7ClF2. The Labute approximate surface area is 74.5 Å². The van der Waals surface area contributed by atoms with Crippen LogP contribution in [0.15, 0.2) is 30.3 Å². The van der Waals surface area contributed by atoms with E-state index >= 15 is 0 Å². The Balaban J connectivity index is 3.06. The van der Waals surface area contributed by atoms with E-state index in [0.717, 1.165) is 5.56 Å². The summed E-state index contributed by atoms with van der Waals surface area (Å²) < 4.78 is 23.9. The Bertz CT molecular complexity index is 297. The van der Waals surface area contributed by atoms with E-state index in [4.69, 9.17) is 11.6 Å². The van der Waals surface area contributed by atoms with Crippen molar-refractivity contribution in [1.82, 2.24) is 0 Å². The molecule has 0 saturated carbocycles. The van der Waals surface area contributed by atoms with Gasteiger partial charge in [-0.2, -0.15) is 8.78 Å². The third-order valence-corrected chi connectivity index (χ3v) is 1.83. The molecule has 0 N–H and O–H groups in total. The number of halogens is 3. The molecule has 1 rings (SSSR count). The molecule has 3 heteroatoms. The van der Waals surface area contributed by atoms with Gasteiger partial charge in [0.15, 0.2) is 0 Å². The average Bonchev–Trinajstić information content (AvgIpc) is 2.04. The van der Waals surface area contributed by atoms with Crippen molar-refractivity contribution in [2.45, 2.75) is 6.92 Å². The highest BCUT2D eigenvalue weighted by molar-refractivity contribution is 6.48. The zero-order valence-electron chi connectivity index (χ0n) is 6.44. The molecule has 0 amide bonds. The van der Waals surface area contributed by atoms with Crippen molar-refractivity contribution in [3.63, 3.8) is 0 Å². The highest BCUT2D eigenvalue weighted by atomic mass is 35.5. The van der Waals surface area contributed by atoms with Crippen molar-refractivity contribution in [1.29, 1.82) is 0 Å². The van der Waals surface area contributed by atoms with Crippen LogP contribution in [0.3, 0.4) is 0 Å². The molecule has 0 nitrogen and oxygen atoms in total. The Morgan fingerprint density at radius 1 is 1.17 bits per heavy atom. The van der Waals surface area contributed by atoms with Gasteiger partial charge in [0.1, 0.15) is 5.03 Å². The Kier molecular flexibility index (Phi) is 2.82. The second kappa shape index (κ2) is 3.68. The van der Waals surface area contributed by atoms with E-state index in [1.165, 1.54) is 0 Å². The Morgan fingerprint density at radius 2 is 1.67 bits per heavy atom. The van der Waals surface area contributed by atoms with Gasteiger partial charge >= 0.3 is 0 Å². The standard InChI is InChI=1S/C9H7ClF2/c1-6-2-4-7(5-3-6)8(10)9(11)12/h2-5H,1H3. The van der Waals surface area contributed by atoms with Crippen molar-refractivity contribution in [3.05, 3.63) is 41.5 Å². The van der Waals surface area contributed by atoms with Gasteiger partial charge in [-0.05, 0) is 12.5 Å². The first-order valence-electron chi connectivity index (χ1n) is 3.39. The summed E-state index contributed by atoms with van der Waals surface area (Å²) in [4.78, 5) is 0. The normalized spacial score (nSPS) is 9.67. The molecule has 1 aromatic rings. The summed E-state index contributed by atoms with van der Waals surface area (Å²) in [5.74, 6) is 0. The van der Waals surface area contributed by atoms with E-state index in [-0.39, 0.29) is 0 Å². The second-order valence-corrected chi connectivity index (χ2v) is 2.82. The summed E-state index contributed by atoms with van der Waals surface area (Å²) in [5, 5.41) is -0.477. The first kappa shape index (κ1) is 9.20. The van der Waals surface area contributed by atoms with Crippen molar-refractivity contribution in [2.24, 2.45) is 0 Å². The molecule has 0 radical (unpaired) electrons. The molecule has 0 spiro atoms. The minimum atomic E-state index is -1.85. The van der Waals surface area contributed by atoms with Gasteiger partial charge in [0.05, 0.1) is 0 Å². The van der Waals surface area contributed by atoms with Crippen molar-refractivity contribution in [2.75, 3.05) is 0 Å². The summed E-state index contributed by atoms with van der Waals surface area (Å²) in [6.07, 6.45) is -1.85. The van der Waals surface area contributed by atoms with Crippen molar-refractivity contribution in [3.8, 4) is 0 Å². The summed E-state index contributed by atoms with van der Waals surface area (Å²) in [6, 6.07) is 6.61. The van der Waals surface area contributed by atoms with E-state index in [2.05, 4.69) is 0 Å². The lowest BCUT2D eigenvalue weighted by Gasteiger charge is -1.97. The van der Waals surface area contributed by atoms with E-state index in [1.54, 1.807) is 24.3 Å². The fraction of sp³-hybridized carbons (Fsp3) is 0.111. The zero-order chi connectivity index (χ0) is 9.14. The fourth-order valence-corrected chi connectivity index (χ4v) is 0.935. The predicted molar refractivity (Wildman–Crippen MR) is 46.2 cm³/mol. The highest BCUT2D eigenvalue weighted by Crippen LogP contribution is 2.24. The average molecular weight is 189 g/mol. The summed E-state index contributed by atoms with van der Waals surface area (Å²) in [6.45, 7) is 1.88. The predicted octanol–water partition coefficient (Wildman–Crippen LogP) is 3.80. The van der Waals surface area contributed by atoms with Gasteiger partial charge in [-0.25, -0.2) is 0 Å². The van der Waals surface area contributed by atoms with E-state index in [0.29, 0.717) is 5.56 Å². The highest BCUT2D eigenvalue weighted by Gasteiger charge is 2.04. The van der Waals surface area contributed by atoms with Gasteiger partial charge in [-0.15, -0.1) is 0 Å². The minimum Gasteiger partial charge on any atom is -0.172 e. The molecule has 0 heterocycles. The number of benzene rings is 1. The summed E-state index contributed by atoms with van der Waals surface area (Å²) in [7, 11) is 0. The number of rotatable bonds is 1.